The number of nitrogens with two attached hydrogens (primary N) is 1. The van der Waals surface area contributed by atoms with E-state index in [2.05, 4.69) is 5.32 Å². The topological polar surface area (TPSA) is 105 Å². The Morgan fingerprint density at radius 1 is 1.09 bits per heavy atom. The van der Waals surface area contributed by atoms with Crippen molar-refractivity contribution in [3.05, 3.63) is 95.1 Å². The summed E-state index contributed by atoms with van der Waals surface area (Å²) in [5, 5.41) is 23.3. The second kappa shape index (κ2) is 11.1. The fraction of sp³-hybridized carbons (Fsp3) is 0.269. The maximum atomic E-state index is 14.3. The predicted octanol–water partition coefficient (Wildman–Crippen LogP) is 3.92. The molecule has 3 rings (SSSR count). The zero-order chi connectivity index (χ0) is 24.7. The summed E-state index contributed by atoms with van der Waals surface area (Å²) in [6, 6.07) is 18.7. The minimum Gasteiger partial charge on any atom is -0.507 e. The molecule has 3 aromatic carbocycles. The van der Waals surface area contributed by atoms with Gasteiger partial charge in [-0.2, -0.15) is 8.78 Å². The molecule has 0 bridgehead atoms. The lowest BCUT2D eigenvalue weighted by Gasteiger charge is -2.19. The lowest BCUT2D eigenvalue weighted by atomic mass is 10.0. The van der Waals surface area contributed by atoms with Crippen molar-refractivity contribution < 1.29 is 28.5 Å². The molecule has 0 aliphatic rings. The quantitative estimate of drug-likeness (QED) is 0.340. The van der Waals surface area contributed by atoms with E-state index in [9.17, 15) is 23.8 Å². The van der Waals surface area contributed by atoms with Gasteiger partial charge in [-0.15, -0.1) is 0 Å². The zero-order valence-electron chi connectivity index (χ0n) is 18.7. The molecular weight excluding hydrogens is 442 g/mol. The van der Waals surface area contributed by atoms with E-state index in [1.807, 2.05) is 19.1 Å². The van der Waals surface area contributed by atoms with E-state index in [0.717, 1.165) is 5.56 Å². The molecule has 0 aromatic heterocycles. The van der Waals surface area contributed by atoms with Gasteiger partial charge in [-0.25, -0.2) is 0 Å². The summed E-state index contributed by atoms with van der Waals surface area (Å²) < 4.78 is 33.8. The van der Waals surface area contributed by atoms with Crippen LogP contribution in [0, 0.1) is 0 Å². The van der Waals surface area contributed by atoms with Crippen molar-refractivity contribution >= 4 is 5.91 Å². The number of aliphatic hydroxyl groups excluding tert-OH is 1. The monoisotopic (exact) mass is 470 g/mol. The van der Waals surface area contributed by atoms with Crippen LogP contribution in [0.4, 0.5) is 8.78 Å². The van der Waals surface area contributed by atoms with Crippen molar-refractivity contribution in [2.24, 2.45) is 5.73 Å². The minimum absolute atomic E-state index is 0.00319. The fourth-order valence-corrected chi connectivity index (χ4v) is 3.48. The van der Waals surface area contributed by atoms with Gasteiger partial charge in [-0.1, -0.05) is 48.5 Å². The number of halogens is 2. The number of hydrogen-bond donors (Lipinski definition) is 4. The third-order valence-corrected chi connectivity index (χ3v) is 5.41. The Labute approximate surface area is 197 Å². The molecule has 0 saturated carbocycles. The molecule has 2 atom stereocenters. The van der Waals surface area contributed by atoms with Crippen LogP contribution in [0.15, 0.2) is 72.8 Å². The fourth-order valence-electron chi connectivity index (χ4n) is 3.48. The largest absolute Gasteiger partial charge is 0.507 e. The van der Waals surface area contributed by atoms with Gasteiger partial charge >= 0.3 is 5.92 Å². The Kier molecular flexibility index (Phi) is 8.20. The van der Waals surface area contributed by atoms with E-state index in [1.54, 1.807) is 30.3 Å². The van der Waals surface area contributed by atoms with Gasteiger partial charge in [0.25, 0.3) is 5.91 Å². The lowest BCUT2D eigenvalue weighted by molar-refractivity contribution is -0.0467. The molecule has 1 unspecified atom stereocenters. The molecule has 0 saturated heterocycles. The van der Waals surface area contributed by atoms with E-state index in [0.29, 0.717) is 17.7 Å². The van der Waals surface area contributed by atoms with Gasteiger partial charge in [0.2, 0.25) is 0 Å². The van der Waals surface area contributed by atoms with Crippen LogP contribution in [0.25, 0.3) is 0 Å². The highest BCUT2D eigenvalue weighted by Gasteiger charge is 2.32. The summed E-state index contributed by atoms with van der Waals surface area (Å²) in [5.41, 5.74) is 6.52. The van der Waals surface area contributed by atoms with Crippen LogP contribution in [-0.4, -0.2) is 35.3 Å². The summed E-state index contributed by atoms with van der Waals surface area (Å²) in [4.78, 5) is 11.4. The number of hydrogen-bond acceptors (Lipinski definition) is 5. The summed E-state index contributed by atoms with van der Waals surface area (Å²) >= 11 is 0. The molecule has 0 aliphatic heterocycles. The SMILES string of the molecule is CC(Cc1ccc(OCC(F)(F)c2ccccc2)cc1)NC[C@@H](O)c1ccc(O)c(C(N)=O)c1. The van der Waals surface area contributed by atoms with Crippen molar-refractivity contribution in [1.29, 1.82) is 0 Å². The molecule has 3 aromatic rings. The van der Waals surface area contributed by atoms with Gasteiger partial charge in [0, 0.05) is 18.2 Å². The predicted molar refractivity (Wildman–Crippen MR) is 125 cm³/mol. The van der Waals surface area contributed by atoms with Gasteiger partial charge in [-0.3, -0.25) is 4.79 Å². The Hall–Kier alpha value is -3.49. The average molecular weight is 471 g/mol. The number of carbonyl (C=O) groups is 1. The highest BCUT2D eigenvalue weighted by molar-refractivity contribution is 5.95. The molecular formula is C26H28F2N2O4. The summed E-state index contributed by atoms with van der Waals surface area (Å²) in [5.74, 6) is -3.74. The molecule has 0 spiro atoms. The van der Waals surface area contributed by atoms with Gasteiger partial charge < -0.3 is 26.0 Å². The Morgan fingerprint density at radius 2 is 1.76 bits per heavy atom. The Morgan fingerprint density at radius 3 is 2.41 bits per heavy atom. The highest BCUT2D eigenvalue weighted by Crippen LogP contribution is 2.29. The van der Waals surface area contributed by atoms with Crippen LogP contribution >= 0.6 is 0 Å². The number of aliphatic hydroxyl groups is 1. The molecule has 0 radical (unpaired) electrons. The second-order valence-electron chi connectivity index (χ2n) is 8.17. The van der Waals surface area contributed by atoms with Crippen molar-refractivity contribution in [3.63, 3.8) is 0 Å². The van der Waals surface area contributed by atoms with Crippen molar-refractivity contribution in [1.82, 2.24) is 5.32 Å². The Balaban J connectivity index is 1.48. The van der Waals surface area contributed by atoms with Crippen LogP contribution in [-0.2, 0) is 12.3 Å². The normalized spacial score (nSPS) is 13.3. The molecule has 0 heterocycles. The third-order valence-electron chi connectivity index (χ3n) is 5.41. The number of phenols is 1. The van der Waals surface area contributed by atoms with Gasteiger partial charge in [0.1, 0.15) is 11.5 Å². The number of alkyl halides is 2. The Bertz CT molecular complexity index is 1090. The number of amides is 1. The zero-order valence-corrected chi connectivity index (χ0v) is 18.7. The minimum atomic E-state index is -3.09. The van der Waals surface area contributed by atoms with Crippen LogP contribution in [0.5, 0.6) is 11.5 Å². The molecule has 6 nitrogen and oxygen atoms in total. The van der Waals surface area contributed by atoms with Gasteiger partial charge in [-0.05, 0) is 48.7 Å². The number of rotatable bonds is 11. The molecule has 0 fully saturated rings. The number of aromatic hydroxyl groups is 1. The number of ether oxygens (including phenoxy) is 1. The van der Waals surface area contributed by atoms with E-state index in [1.165, 1.54) is 30.3 Å². The first kappa shape index (κ1) is 25.1. The summed E-state index contributed by atoms with van der Waals surface area (Å²) in [6.07, 6.45) is -0.266. The first-order valence-corrected chi connectivity index (χ1v) is 10.8. The van der Waals surface area contributed by atoms with E-state index >= 15 is 0 Å². The summed E-state index contributed by atoms with van der Waals surface area (Å²) in [7, 11) is 0. The molecule has 1 amide bonds. The smallest absolute Gasteiger partial charge is 0.306 e. The standard InChI is InChI=1S/C26H28F2N2O4/c1-17(30-15-24(32)19-9-12-23(31)22(14-19)25(29)33)13-18-7-10-21(11-8-18)34-16-26(27,28)20-5-3-2-4-6-20/h2-12,14,17,24,30-32H,13,15-16H2,1H3,(H2,29,33)/t17?,24-/m1/s1. The van der Waals surface area contributed by atoms with Crippen molar-refractivity contribution in [2.75, 3.05) is 13.2 Å². The first-order valence-electron chi connectivity index (χ1n) is 10.8. The number of carbonyl (C=O) groups excluding carboxylic acids is 1. The number of primary amides is 1. The van der Waals surface area contributed by atoms with E-state index in [4.69, 9.17) is 10.5 Å². The van der Waals surface area contributed by atoms with Gasteiger partial charge in [0.15, 0.2) is 6.61 Å². The van der Waals surface area contributed by atoms with Crippen molar-refractivity contribution in [2.45, 2.75) is 31.4 Å². The molecule has 0 aliphatic carbocycles. The molecule has 180 valence electrons. The first-order chi connectivity index (χ1) is 16.2. The van der Waals surface area contributed by atoms with Crippen LogP contribution in [0.3, 0.4) is 0 Å². The van der Waals surface area contributed by atoms with Crippen LogP contribution in [0.2, 0.25) is 0 Å². The summed E-state index contributed by atoms with van der Waals surface area (Å²) in [6.45, 7) is 1.42. The van der Waals surface area contributed by atoms with E-state index in [-0.39, 0.29) is 29.5 Å². The molecule has 5 N–H and O–H groups in total. The average Bonchev–Trinajstić information content (AvgIpc) is 2.83. The van der Waals surface area contributed by atoms with Crippen LogP contribution in [0.1, 0.15) is 40.1 Å². The number of nitrogens with one attached hydrogen (secondary N) is 1. The second-order valence-corrected chi connectivity index (χ2v) is 8.17. The molecule has 8 heteroatoms. The van der Waals surface area contributed by atoms with E-state index < -0.39 is 24.5 Å². The van der Waals surface area contributed by atoms with Crippen LogP contribution < -0.4 is 15.8 Å². The maximum absolute atomic E-state index is 14.3. The molecule has 34 heavy (non-hydrogen) atoms. The third kappa shape index (κ3) is 6.76. The highest BCUT2D eigenvalue weighted by atomic mass is 19.3. The lowest BCUT2D eigenvalue weighted by Crippen LogP contribution is -2.32. The number of benzene rings is 3. The maximum Gasteiger partial charge on any atom is 0.306 e. The van der Waals surface area contributed by atoms with Gasteiger partial charge in [0.05, 0.1) is 11.7 Å². The van der Waals surface area contributed by atoms with Crippen molar-refractivity contribution in [3.8, 4) is 11.5 Å².